The third-order valence-corrected chi connectivity index (χ3v) is 6.86. The fourth-order valence-corrected chi connectivity index (χ4v) is 5.23. The minimum Gasteiger partial charge on any atom is -0.346 e. The van der Waals surface area contributed by atoms with Crippen LogP contribution in [0.5, 0.6) is 0 Å². The van der Waals surface area contributed by atoms with Crippen LogP contribution in [-0.4, -0.2) is 45.4 Å². The van der Waals surface area contributed by atoms with Crippen LogP contribution in [0.2, 0.25) is 0 Å². The van der Waals surface area contributed by atoms with E-state index < -0.39 is 0 Å². The summed E-state index contributed by atoms with van der Waals surface area (Å²) in [6.45, 7) is 2.89. The number of hydrogen-bond acceptors (Lipinski definition) is 4. The third-order valence-electron chi connectivity index (χ3n) is 6.06. The van der Waals surface area contributed by atoms with Gasteiger partial charge in [-0.25, -0.2) is 0 Å². The SMILES string of the molecule is Cc1sc(=O)[nH]c1C(=O)N1CCCC[C@H](NC(=O)c2cccn2C2CCCC2)C1. The van der Waals surface area contributed by atoms with Crippen LogP contribution in [0.3, 0.4) is 0 Å². The number of aromatic amines is 1. The second-order valence-corrected chi connectivity index (χ2v) is 9.29. The van der Waals surface area contributed by atoms with Crippen LogP contribution in [-0.2, 0) is 0 Å². The van der Waals surface area contributed by atoms with E-state index >= 15 is 0 Å². The number of nitrogens with one attached hydrogen (secondary N) is 2. The van der Waals surface area contributed by atoms with E-state index in [-0.39, 0.29) is 22.7 Å². The Morgan fingerprint density at radius 2 is 1.93 bits per heavy atom. The van der Waals surface area contributed by atoms with E-state index in [2.05, 4.69) is 14.9 Å². The molecule has 0 spiro atoms. The predicted molar refractivity (Wildman–Crippen MR) is 113 cm³/mol. The molecule has 2 N–H and O–H groups in total. The molecule has 29 heavy (non-hydrogen) atoms. The summed E-state index contributed by atoms with van der Waals surface area (Å²) >= 11 is 1.06. The fourth-order valence-electron chi connectivity index (χ4n) is 4.56. The maximum absolute atomic E-state index is 13.0. The summed E-state index contributed by atoms with van der Waals surface area (Å²) in [6.07, 6.45) is 9.38. The van der Waals surface area contributed by atoms with Crippen molar-refractivity contribution in [3.05, 3.63) is 44.3 Å². The Balaban J connectivity index is 1.45. The highest BCUT2D eigenvalue weighted by molar-refractivity contribution is 7.09. The second kappa shape index (κ2) is 8.57. The highest BCUT2D eigenvalue weighted by Crippen LogP contribution is 2.30. The molecule has 2 fully saturated rings. The van der Waals surface area contributed by atoms with Crippen LogP contribution in [0.15, 0.2) is 23.1 Å². The summed E-state index contributed by atoms with van der Waals surface area (Å²) in [4.78, 5) is 42.4. The topological polar surface area (TPSA) is 87.2 Å². The lowest BCUT2D eigenvalue weighted by molar-refractivity contribution is 0.0730. The molecule has 2 aromatic rings. The van der Waals surface area contributed by atoms with Crippen LogP contribution in [0.1, 0.15) is 76.8 Å². The lowest BCUT2D eigenvalue weighted by Gasteiger charge is -2.25. The van der Waals surface area contributed by atoms with Gasteiger partial charge in [0.2, 0.25) is 0 Å². The van der Waals surface area contributed by atoms with Gasteiger partial charge < -0.3 is 19.8 Å². The molecule has 0 radical (unpaired) electrons. The van der Waals surface area contributed by atoms with Gasteiger partial charge in [0.1, 0.15) is 11.4 Å². The van der Waals surface area contributed by atoms with Gasteiger partial charge in [-0.3, -0.25) is 14.4 Å². The van der Waals surface area contributed by atoms with Gasteiger partial charge in [0.25, 0.3) is 11.8 Å². The zero-order chi connectivity index (χ0) is 20.4. The number of thiazole rings is 1. The van der Waals surface area contributed by atoms with Crippen LogP contribution >= 0.6 is 11.3 Å². The van der Waals surface area contributed by atoms with Crippen LogP contribution in [0.25, 0.3) is 0 Å². The van der Waals surface area contributed by atoms with Gasteiger partial charge in [-0.2, -0.15) is 0 Å². The van der Waals surface area contributed by atoms with E-state index in [4.69, 9.17) is 0 Å². The number of aryl methyl sites for hydroxylation is 1. The largest absolute Gasteiger partial charge is 0.346 e. The van der Waals surface area contributed by atoms with Crippen molar-refractivity contribution in [3.63, 3.8) is 0 Å². The predicted octanol–water partition coefficient (Wildman–Crippen LogP) is 3.09. The van der Waals surface area contributed by atoms with E-state index in [1.165, 1.54) is 12.8 Å². The van der Waals surface area contributed by atoms with Gasteiger partial charge >= 0.3 is 4.87 Å². The molecule has 2 amide bonds. The van der Waals surface area contributed by atoms with Crippen molar-refractivity contribution in [2.75, 3.05) is 13.1 Å². The van der Waals surface area contributed by atoms with E-state index in [9.17, 15) is 14.4 Å². The van der Waals surface area contributed by atoms with E-state index in [1.807, 2.05) is 18.3 Å². The molecule has 0 unspecified atom stereocenters. The summed E-state index contributed by atoms with van der Waals surface area (Å²) in [5, 5.41) is 3.16. The number of H-pyrrole nitrogens is 1. The summed E-state index contributed by atoms with van der Waals surface area (Å²) in [6, 6.07) is 4.14. The van der Waals surface area contributed by atoms with Crippen molar-refractivity contribution in [1.29, 1.82) is 0 Å². The van der Waals surface area contributed by atoms with Crippen molar-refractivity contribution in [2.45, 2.75) is 64.0 Å². The minimum absolute atomic E-state index is 0.0682. The molecule has 3 heterocycles. The third kappa shape index (κ3) is 4.32. The first-order chi connectivity index (χ1) is 14.0. The van der Waals surface area contributed by atoms with E-state index in [0.29, 0.717) is 35.4 Å². The summed E-state index contributed by atoms with van der Waals surface area (Å²) in [7, 11) is 0. The number of carbonyl (C=O) groups is 2. The molecule has 1 saturated carbocycles. The molecular weight excluding hydrogens is 388 g/mol. The number of carbonyl (C=O) groups excluding carboxylic acids is 2. The average molecular weight is 417 g/mol. The van der Waals surface area contributed by atoms with E-state index in [0.717, 1.165) is 43.4 Å². The normalized spacial score (nSPS) is 20.6. The van der Waals surface area contributed by atoms with Crippen molar-refractivity contribution in [2.24, 2.45) is 0 Å². The number of hydrogen-bond donors (Lipinski definition) is 2. The number of amides is 2. The smallest absolute Gasteiger partial charge is 0.305 e. The molecule has 0 aromatic carbocycles. The van der Waals surface area contributed by atoms with Crippen LogP contribution in [0, 0.1) is 6.92 Å². The van der Waals surface area contributed by atoms with Gasteiger partial charge in [0.15, 0.2) is 0 Å². The molecule has 156 valence electrons. The first-order valence-electron chi connectivity index (χ1n) is 10.5. The summed E-state index contributed by atoms with van der Waals surface area (Å²) in [5.74, 6) is -0.224. The summed E-state index contributed by atoms with van der Waals surface area (Å²) in [5.41, 5.74) is 1.08. The first kappa shape index (κ1) is 19.9. The molecule has 1 atom stereocenters. The first-order valence-corrected chi connectivity index (χ1v) is 11.3. The Kier molecular flexibility index (Phi) is 5.89. The Hall–Kier alpha value is -2.35. The Morgan fingerprint density at radius 3 is 2.66 bits per heavy atom. The van der Waals surface area contributed by atoms with E-state index in [1.54, 1.807) is 11.8 Å². The zero-order valence-corrected chi connectivity index (χ0v) is 17.6. The molecule has 2 aromatic heterocycles. The quantitative estimate of drug-likeness (QED) is 0.803. The molecule has 1 saturated heterocycles. The fraction of sp³-hybridized carbons (Fsp3) is 0.571. The zero-order valence-electron chi connectivity index (χ0n) is 16.8. The molecule has 4 rings (SSSR count). The monoisotopic (exact) mass is 416 g/mol. The van der Waals surface area contributed by atoms with Gasteiger partial charge in [0.05, 0.1) is 0 Å². The molecule has 2 aliphatic rings. The molecular formula is C21H28N4O3S. The highest BCUT2D eigenvalue weighted by Gasteiger charge is 2.28. The molecule has 1 aliphatic carbocycles. The number of nitrogens with zero attached hydrogens (tertiary/aromatic N) is 2. The van der Waals surface area contributed by atoms with Gasteiger partial charge in [-0.15, -0.1) is 0 Å². The van der Waals surface area contributed by atoms with Crippen LogP contribution in [0.4, 0.5) is 0 Å². The van der Waals surface area contributed by atoms with Crippen molar-refractivity contribution < 1.29 is 9.59 Å². The van der Waals surface area contributed by atoms with Gasteiger partial charge in [0, 0.05) is 36.2 Å². The number of rotatable bonds is 4. The number of likely N-dealkylation sites (tertiary alicyclic amines) is 1. The van der Waals surface area contributed by atoms with Gasteiger partial charge in [-0.05, 0) is 51.2 Å². The lowest BCUT2D eigenvalue weighted by Crippen LogP contribution is -2.45. The Labute approximate surface area is 174 Å². The lowest BCUT2D eigenvalue weighted by atomic mass is 10.1. The Morgan fingerprint density at radius 1 is 1.17 bits per heavy atom. The van der Waals surface area contributed by atoms with Crippen molar-refractivity contribution in [3.8, 4) is 0 Å². The standard InChI is InChI=1S/C21H28N4O3S/c1-14-18(23-21(28)29-14)20(27)24-11-5-4-7-15(13-24)22-19(26)17-10-6-12-25(17)16-8-2-3-9-16/h6,10,12,15-16H,2-5,7-9,11,13H2,1H3,(H,22,26)(H,23,28)/t15-/m0/s1. The average Bonchev–Trinajstić information content (AvgIpc) is 3.40. The summed E-state index contributed by atoms with van der Waals surface area (Å²) < 4.78 is 2.11. The minimum atomic E-state index is -0.210. The van der Waals surface area contributed by atoms with Gasteiger partial charge in [-0.1, -0.05) is 24.2 Å². The highest BCUT2D eigenvalue weighted by atomic mass is 32.1. The molecule has 7 nitrogen and oxygen atoms in total. The maximum atomic E-state index is 13.0. The van der Waals surface area contributed by atoms with Crippen molar-refractivity contribution in [1.82, 2.24) is 19.8 Å². The number of aromatic nitrogens is 2. The van der Waals surface area contributed by atoms with Crippen LogP contribution < -0.4 is 10.2 Å². The second-order valence-electron chi connectivity index (χ2n) is 8.10. The van der Waals surface area contributed by atoms with Crippen molar-refractivity contribution >= 4 is 23.2 Å². The molecule has 0 bridgehead atoms. The molecule has 8 heteroatoms. The Bertz CT molecular complexity index is 938. The maximum Gasteiger partial charge on any atom is 0.305 e. The molecule has 1 aliphatic heterocycles.